The highest BCUT2D eigenvalue weighted by atomic mass is 16.2. The number of carbonyl (C=O) groups excluding carboxylic acids is 1. The second-order valence-electron chi connectivity index (χ2n) is 4.06. The van der Waals surface area contributed by atoms with Crippen LogP contribution in [0.3, 0.4) is 0 Å². The Balaban J connectivity index is 3.78. The fourth-order valence-electron chi connectivity index (χ4n) is 1.33. The number of amides is 1. The number of rotatable bonds is 8. The van der Waals surface area contributed by atoms with Gasteiger partial charge in [-0.1, -0.05) is 13.3 Å². The lowest BCUT2D eigenvalue weighted by atomic mass is 10.3. The predicted molar refractivity (Wildman–Crippen MR) is 63.7 cm³/mol. The maximum absolute atomic E-state index is 11.5. The minimum Gasteiger partial charge on any atom is -0.355 e. The van der Waals surface area contributed by atoms with E-state index < -0.39 is 0 Å². The van der Waals surface area contributed by atoms with Gasteiger partial charge in [0.2, 0.25) is 5.91 Å². The van der Waals surface area contributed by atoms with Gasteiger partial charge in [-0.2, -0.15) is 0 Å². The standard InChI is InChI=1S/C11H25N3O/c1-4-5-7-13-11(15)9-14(8-6-12)10(2)3/h10H,4-9,12H2,1-3H3,(H,13,15). The van der Waals surface area contributed by atoms with Crippen molar-refractivity contribution in [3.05, 3.63) is 0 Å². The first-order chi connectivity index (χ1) is 7.11. The zero-order valence-electron chi connectivity index (χ0n) is 10.3. The molecule has 0 atom stereocenters. The Labute approximate surface area is 93.2 Å². The third kappa shape index (κ3) is 7.33. The van der Waals surface area contributed by atoms with Gasteiger partial charge in [-0.05, 0) is 20.3 Å². The Morgan fingerprint density at radius 1 is 1.47 bits per heavy atom. The first-order valence-electron chi connectivity index (χ1n) is 5.82. The molecule has 3 N–H and O–H groups in total. The molecule has 0 fully saturated rings. The summed E-state index contributed by atoms with van der Waals surface area (Å²) < 4.78 is 0. The number of nitrogens with zero attached hydrogens (tertiary/aromatic N) is 1. The minimum absolute atomic E-state index is 0.102. The van der Waals surface area contributed by atoms with E-state index in [4.69, 9.17) is 5.73 Å². The van der Waals surface area contributed by atoms with Crippen molar-refractivity contribution in [1.82, 2.24) is 10.2 Å². The second-order valence-corrected chi connectivity index (χ2v) is 4.06. The average Bonchev–Trinajstić information content (AvgIpc) is 2.17. The molecule has 0 aromatic carbocycles. The molecule has 90 valence electrons. The number of carbonyl (C=O) groups is 1. The molecule has 0 bridgehead atoms. The fourth-order valence-corrected chi connectivity index (χ4v) is 1.33. The monoisotopic (exact) mass is 215 g/mol. The number of nitrogens with two attached hydrogens (primary N) is 1. The Bertz CT molecular complexity index is 171. The van der Waals surface area contributed by atoms with Crippen LogP contribution in [0.4, 0.5) is 0 Å². The molecule has 0 aromatic heterocycles. The van der Waals surface area contributed by atoms with E-state index in [9.17, 15) is 4.79 Å². The van der Waals surface area contributed by atoms with Gasteiger partial charge in [-0.15, -0.1) is 0 Å². The molecule has 0 rings (SSSR count). The maximum atomic E-state index is 11.5. The van der Waals surface area contributed by atoms with Crippen LogP contribution in [0.15, 0.2) is 0 Å². The molecule has 4 heteroatoms. The minimum atomic E-state index is 0.102. The van der Waals surface area contributed by atoms with Crippen molar-refractivity contribution < 1.29 is 4.79 Å². The van der Waals surface area contributed by atoms with Crippen molar-refractivity contribution in [3.8, 4) is 0 Å². The molecular formula is C11H25N3O. The zero-order valence-corrected chi connectivity index (χ0v) is 10.3. The van der Waals surface area contributed by atoms with Crippen molar-refractivity contribution in [2.45, 2.75) is 39.7 Å². The average molecular weight is 215 g/mol. The van der Waals surface area contributed by atoms with Gasteiger partial charge >= 0.3 is 0 Å². The van der Waals surface area contributed by atoms with Crippen LogP contribution >= 0.6 is 0 Å². The molecule has 1 amide bonds. The van der Waals surface area contributed by atoms with Gasteiger partial charge in [0.05, 0.1) is 6.54 Å². The van der Waals surface area contributed by atoms with E-state index in [1.54, 1.807) is 0 Å². The quantitative estimate of drug-likeness (QED) is 0.582. The van der Waals surface area contributed by atoms with Crippen LogP contribution in [-0.4, -0.2) is 43.0 Å². The summed E-state index contributed by atoms with van der Waals surface area (Å²) in [6.45, 7) is 8.88. The molecule has 0 saturated carbocycles. The van der Waals surface area contributed by atoms with Crippen molar-refractivity contribution in [1.29, 1.82) is 0 Å². The zero-order chi connectivity index (χ0) is 11.7. The lowest BCUT2D eigenvalue weighted by molar-refractivity contribution is -0.122. The van der Waals surface area contributed by atoms with Crippen LogP contribution in [-0.2, 0) is 4.79 Å². The highest BCUT2D eigenvalue weighted by molar-refractivity contribution is 5.77. The number of nitrogens with one attached hydrogen (secondary N) is 1. The van der Waals surface area contributed by atoms with E-state index in [0.717, 1.165) is 25.9 Å². The summed E-state index contributed by atoms with van der Waals surface area (Å²) >= 11 is 0. The van der Waals surface area contributed by atoms with Crippen LogP contribution < -0.4 is 11.1 Å². The molecule has 0 saturated heterocycles. The van der Waals surface area contributed by atoms with Gasteiger partial charge < -0.3 is 11.1 Å². The summed E-state index contributed by atoms with van der Waals surface area (Å²) in [5, 5.41) is 2.91. The van der Waals surface area contributed by atoms with Crippen LogP contribution in [0.1, 0.15) is 33.6 Å². The number of unbranched alkanes of at least 4 members (excludes halogenated alkanes) is 1. The van der Waals surface area contributed by atoms with Crippen molar-refractivity contribution in [2.24, 2.45) is 5.73 Å². The Morgan fingerprint density at radius 2 is 2.13 bits per heavy atom. The first-order valence-corrected chi connectivity index (χ1v) is 5.82. The number of hydrogen-bond acceptors (Lipinski definition) is 3. The predicted octanol–water partition coefficient (Wildman–Crippen LogP) is 0.572. The lowest BCUT2D eigenvalue weighted by Gasteiger charge is -2.24. The van der Waals surface area contributed by atoms with E-state index >= 15 is 0 Å². The highest BCUT2D eigenvalue weighted by Gasteiger charge is 2.12. The second kappa shape index (κ2) is 8.68. The summed E-state index contributed by atoms with van der Waals surface area (Å²) in [5.41, 5.74) is 5.49. The van der Waals surface area contributed by atoms with Crippen LogP contribution in [0.2, 0.25) is 0 Å². The molecule has 0 aromatic rings. The smallest absolute Gasteiger partial charge is 0.234 e. The van der Waals surface area contributed by atoms with Crippen molar-refractivity contribution in [3.63, 3.8) is 0 Å². The van der Waals surface area contributed by atoms with Gasteiger partial charge in [-0.3, -0.25) is 9.69 Å². The van der Waals surface area contributed by atoms with Crippen LogP contribution in [0, 0.1) is 0 Å². The molecule has 0 radical (unpaired) electrons. The number of hydrogen-bond donors (Lipinski definition) is 2. The van der Waals surface area contributed by atoms with Gasteiger partial charge in [0.1, 0.15) is 0 Å². The molecule has 0 unspecified atom stereocenters. The SMILES string of the molecule is CCCCNC(=O)CN(CCN)C(C)C. The van der Waals surface area contributed by atoms with E-state index in [0.29, 0.717) is 19.1 Å². The Hall–Kier alpha value is -0.610. The van der Waals surface area contributed by atoms with Gasteiger partial charge in [0, 0.05) is 25.7 Å². The molecular weight excluding hydrogens is 190 g/mol. The molecule has 0 aliphatic rings. The van der Waals surface area contributed by atoms with Crippen molar-refractivity contribution in [2.75, 3.05) is 26.2 Å². The summed E-state index contributed by atoms with van der Waals surface area (Å²) in [6, 6.07) is 0.366. The van der Waals surface area contributed by atoms with Crippen molar-refractivity contribution >= 4 is 5.91 Å². The van der Waals surface area contributed by atoms with Crippen LogP contribution in [0.25, 0.3) is 0 Å². The van der Waals surface area contributed by atoms with E-state index in [1.807, 2.05) is 0 Å². The van der Waals surface area contributed by atoms with Gasteiger partial charge in [0.15, 0.2) is 0 Å². The van der Waals surface area contributed by atoms with E-state index in [1.165, 1.54) is 0 Å². The molecule has 0 aliphatic heterocycles. The van der Waals surface area contributed by atoms with Crippen LogP contribution in [0.5, 0.6) is 0 Å². The summed E-state index contributed by atoms with van der Waals surface area (Å²) in [6.07, 6.45) is 2.15. The Morgan fingerprint density at radius 3 is 2.60 bits per heavy atom. The first kappa shape index (κ1) is 14.4. The van der Waals surface area contributed by atoms with Gasteiger partial charge in [0.25, 0.3) is 0 Å². The molecule has 15 heavy (non-hydrogen) atoms. The summed E-state index contributed by atoms with van der Waals surface area (Å²) in [5.74, 6) is 0.102. The topological polar surface area (TPSA) is 58.4 Å². The summed E-state index contributed by atoms with van der Waals surface area (Å²) in [7, 11) is 0. The third-order valence-corrected chi connectivity index (χ3v) is 2.35. The fraction of sp³-hybridized carbons (Fsp3) is 0.909. The third-order valence-electron chi connectivity index (χ3n) is 2.35. The molecule has 0 heterocycles. The van der Waals surface area contributed by atoms with Gasteiger partial charge in [-0.25, -0.2) is 0 Å². The largest absolute Gasteiger partial charge is 0.355 e. The highest BCUT2D eigenvalue weighted by Crippen LogP contribution is 1.96. The Kier molecular flexibility index (Phi) is 8.33. The molecule has 0 spiro atoms. The van der Waals surface area contributed by atoms with E-state index in [-0.39, 0.29) is 5.91 Å². The maximum Gasteiger partial charge on any atom is 0.234 e. The lowest BCUT2D eigenvalue weighted by Crippen LogP contribution is -2.43. The molecule has 0 aliphatic carbocycles. The van der Waals surface area contributed by atoms with E-state index in [2.05, 4.69) is 31.0 Å². The summed E-state index contributed by atoms with van der Waals surface area (Å²) in [4.78, 5) is 13.6. The normalized spacial score (nSPS) is 11.1. The molecule has 4 nitrogen and oxygen atoms in total.